The molecule has 0 aliphatic carbocycles. The Hall–Kier alpha value is -3.20. The van der Waals surface area contributed by atoms with Gasteiger partial charge in [-0.15, -0.1) is 0 Å². The van der Waals surface area contributed by atoms with Gasteiger partial charge in [-0.1, -0.05) is 61.0 Å². The Kier molecular flexibility index (Phi) is 8.44. The highest BCUT2D eigenvalue weighted by Crippen LogP contribution is 2.32. The van der Waals surface area contributed by atoms with E-state index in [9.17, 15) is 18.0 Å². The molecule has 7 nitrogen and oxygen atoms in total. The maximum atomic E-state index is 13.7. The van der Waals surface area contributed by atoms with E-state index >= 15 is 0 Å². The summed E-state index contributed by atoms with van der Waals surface area (Å²) < 4.78 is 28.9. The lowest BCUT2D eigenvalue weighted by Gasteiger charge is -2.31. The number of carboxylic acid groups (broad SMARTS) is 1. The van der Waals surface area contributed by atoms with Crippen LogP contribution in [0.5, 0.6) is 0 Å². The molecule has 0 heterocycles. The third-order valence-corrected chi connectivity index (χ3v) is 7.41. The number of amides is 1. The zero-order valence-corrected chi connectivity index (χ0v) is 20.1. The molecule has 0 aliphatic rings. The molecular weight excluding hydrogens is 476 g/mol. The first-order valence-electron chi connectivity index (χ1n) is 10.6. The van der Waals surface area contributed by atoms with Crippen molar-refractivity contribution < 1.29 is 23.1 Å². The summed E-state index contributed by atoms with van der Waals surface area (Å²) in [6.45, 7) is 1.52. The van der Waals surface area contributed by atoms with Crippen molar-refractivity contribution in [1.29, 1.82) is 0 Å². The van der Waals surface area contributed by atoms with Crippen molar-refractivity contribution in [3.8, 4) is 0 Å². The van der Waals surface area contributed by atoms with Gasteiger partial charge in [0.2, 0.25) is 10.0 Å². The predicted molar refractivity (Wildman–Crippen MR) is 130 cm³/mol. The van der Waals surface area contributed by atoms with E-state index < -0.39 is 34.5 Å². The van der Waals surface area contributed by atoms with Crippen molar-refractivity contribution >= 4 is 33.5 Å². The Morgan fingerprint density at radius 3 is 2.15 bits per heavy atom. The Morgan fingerprint density at radius 1 is 0.971 bits per heavy atom. The van der Waals surface area contributed by atoms with Gasteiger partial charge < -0.3 is 10.4 Å². The molecule has 3 aromatic rings. The summed E-state index contributed by atoms with van der Waals surface area (Å²) in [4.78, 5) is 22.9. The molecule has 9 heteroatoms. The van der Waals surface area contributed by atoms with E-state index in [1.165, 1.54) is 16.4 Å². The number of rotatable bonds is 10. The Bertz CT molecular complexity index is 1230. The molecule has 0 bridgehead atoms. The fraction of sp³-hybridized carbons (Fsp3) is 0.200. The third kappa shape index (κ3) is 6.22. The number of carboxylic acids is 1. The van der Waals surface area contributed by atoms with Crippen LogP contribution in [0, 0.1) is 0 Å². The average molecular weight is 501 g/mol. The number of sulfonamides is 1. The monoisotopic (exact) mass is 500 g/mol. The highest BCUT2D eigenvalue weighted by atomic mass is 35.5. The first kappa shape index (κ1) is 25.4. The second-order valence-electron chi connectivity index (χ2n) is 7.61. The van der Waals surface area contributed by atoms with E-state index in [1.807, 2.05) is 37.3 Å². The largest absolute Gasteiger partial charge is 0.480 e. The Labute approximate surface area is 204 Å². The van der Waals surface area contributed by atoms with Gasteiger partial charge in [-0.3, -0.25) is 9.59 Å². The normalized spacial score (nSPS) is 12.3. The molecule has 0 spiro atoms. The average Bonchev–Trinajstić information content (AvgIpc) is 2.83. The Morgan fingerprint density at radius 2 is 1.59 bits per heavy atom. The molecular formula is C25H25ClN2O5S. The smallest absolute Gasteiger partial charge is 0.322 e. The van der Waals surface area contributed by atoms with E-state index in [0.29, 0.717) is 17.0 Å². The fourth-order valence-electron chi connectivity index (χ4n) is 3.58. The van der Waals surface area contributed by atoms with Crippen LogP contribution in [-0.4, -0.2) is 36.3 Å². The number of hydrogen-bond acceptors (Lipinski definition) is 4. The molecule has 0 aromatic heterocycles. The topological polar surface area (TPSA) is 104 Å². The van der Waals surface area contributed by atoms with Crippen molar-refractivity contribution in [2.24, 2.45) is 0 Å². The van der Waals surface area contributed by atoms with Crippen LogP contribution in [-0.2, 0) is 21.4 Å². The first-order chi connectivity index (χ1) is 16.2. The SMILES string of the molecule is CCC(c1ccccc1)N(Cc1ccc(C(=O)NCC(=O)O)cc1)S(=O)(=O)c1ccc(Cl)cc1. The third-order valence-electron chi connectivity index (χ3n) is 5.29. The van der Waals surface area contributed by atoms with Crippen LogP contribution in [0.4, 0.5) is 0 Å². The first-order valence-corrected chi connectivity index (χ1v) is 12.5. The van der Waals surface area contributed by atoms with Crippen LogP contribution in [0.1, 0.15) is 40.9 Å². The summed E-state index contributed by atoms with van der Waals surface area (Å²) in [6.07, 6.45) is 0.548. The number of hydrogen-bond donors (Lipinski definition) is 2. The van der Waals surface area contributed by atoms with Crippen molar-refractivity contribution in [2.75, 3.05) is 6.54 Å². The zero-order chi connectivity index (χ0) is 24.7. The molecule has 0 radical (unpaired) electrons. The second-order valence-corrected chi connectivity index (χ2v) is 9.94. The molecule has 1 atom stereocenters. The molecule has 3 rings (SSSR count). The fourth-order valence-corrected chi connectivity index (χ4v) is 5.39. The van der Waals surface area contributed by atoms with E-state index in [-0.39, 0.29) is 17.0 Å². The lowest BCUT2D eigenvalue weighted by Crippen LogP contribution is -2.34. The van der Waals surface area contributed by atoms with Crippen molar-refractivity contribution in [2.45, 2.75) is 30.8 Å². The Balaban J connectivity index is 1.95. The summed E-state index contributed by atoms with van der Waals surface area (Å²) in [7, 11) is -3.89. The van der Waals surface area contributed by atoms with Gasteiger partial charge >= 0.3 is 5.97 Å². The van der Waals surface area contributed by atoms with Gasteiger partial charge in [0.25, 0.3) is 5.91 Å². The molecule has 0 saturated heterocycles. The molecule has 0 aliphatic heterocycles. The summed E-state index contributed by atoms with van der Waals surface area (Å²) in [6, 6.07) is 21.5. The maximum Gasteiger partial charge on any atom is 0.322 e. The van der Waals surface area contributed by atoms with Gasteiger partial charge in [0, 0.05) is 17.1 Å². The van der Waals surface area contributed by atoms with E-state index in [2.05, 4.69) is 5.32 Å². The van der Waals surface area contributed by atoms with E-state index in [4.69, 9.17) is 16.7 Å². The van der Waals surface area contributed by atoms with Gasteiger partial charge in [0.1, 0.15) is 6.54 Å². The molecule has 3 aromatic carbocycles. The minimum atomic E-state index is -3.89. The molecule has 1 unspecified atom stereocenters. The molecule has 2 N–H and O–H groups in total. The highest BCUT2D eigenvalue weighted by molar-refractivity contribution is 7.89. The molecule has 178 valence electrons. The number of halogens is 1. The van der Waals surface area contributed by atoms with Crippen LogP contribution < -0.4 is 5.32 Å². The summed E-state index contributed by atoms with van der Waals surface area (Å²) in [5.41, 5.74) is 1.83. The van der Waals surface area contributed by atoms with Crippen LogP contribution in [0.3, 0.4) is 0 Å². The standard InChI is InChI=1S/C25H25ClN2O5S/c1-2-23(19-6-4-3-5-7-19)28(34(32,33)22-14-12-21(26)13-15-22)17-18-8-10-20(11-9-18)25(31)27-16-24(29)30/h3-15,23H,2,16-17H2,1H3,(H,27,31)(H,29,30). The quantitative estimate of drug-likeness (QED) is 0.426. The van der Waals surface area contributed by atoms with Gasteiger partial charge in [0.15, 0.2) is 0 Å². The number of aliphatic carboxylic acids is 1. The minimum Gasteiger partial charge on any atom is -0.480 e. The molecule has 0 saturated carbocycles. The van der Waals surface area contributed by atoms with Crippen LogP contribution >= 0.6 is 11.6 Å². The van der Waals surface area contributed by atoms with Gasteiger partial charge in [-0.05, 0) is 53.9 Å². The van der Waals surface area contributed by atoms with Gasteiger partial charge in [-0.2, -0.15) is 4.31 Å². The van der Waals surface area contributed by atoms with E-state index in [0.717, 1.165) is 5.56 Å². The minimum absolute atomic E-state index is 0.0788. The lowest BCUT2D eigenvalue weighted by molar-refractivity contribution is -0.135. The van der Waals surface area contributed by atoms with Crippen molar-refractivity contribution in [3.63, 3.8) is 0 Å². The van der Waals surface area contributed by atoms with Crippen LogP contribution in [0.15, 0.2) is 83.8 Å². The molecule has 34 heavy (non-hydrogen) atoms. The van der Waals surface area contributed by atoms with Crippen LogP contribution in [0.2, 0.25) is 5.02 Å². The second kappa shape index (κ2) is 11.3. The highest BCUT2D eigenvalue weighted by Gasteiger charge is 2.31. The number of benzene rings is 3. The summed E-state index contributed by atoms with van der Waals surface area (Å²) in [5, 5.41) is 11.5. The molecule has 1 amide bonds. The van der Waals surface area contributed by atoms with E-state index in [1.54, 1.807) is 36.4 Å². The van der Waals surface area contributed by atoms with Gasteiger partial charge in [-0.25, -0.2) is 8.42 Å². The van der Waals surface area contributed by atoms with Crippen molar-refractivity contribution in [3.05, 3.63) is 101 Å². The maximum absolute atomic E-state index is 13.7. The predicted octanol–water partition coefficient (Wildman–Crippen LogP) is 4.50. The summed E-state index contributed by atoms with van der Waals surface area (Å²) in [5.74, 6) is -1.66. The number of carbonyl (C=O) groups excluding carboxylic acids is 1. The molecule has 0 fully saturated rings. The zero-order valence-electron chi connectivity index (χ0n) is 18.5. The van der Waals surface area contributed by atoms with Crippen LogP contribution in [0.25, 0.3) is 0 Å². The summed E-state index contributed by atoms with van der Waals surface area (Å²) >= 11 is 5.96. The lowest BCUT2D eigenvalue weighted by atomic mass is 10.0. The van der Waals surface area contributed by atoms with Crippen molar-refractivity contribution in [1.82, 2.24) is 9.62 Å². The van der Waals surface area contributed by atoms with Gasteiger partial charge in [0.05, 0.1) is 10.9 Å². The number of nitrogens with zero attached hydrogens (tertiary/aromatic N) is 1. The number of nitrogens with one attached hydrogen (secondary N) is 1. The number of carbonyl (C=O) groups is 2.